The second-order valence-corrected chi connectivity index (χ2v) is 4.06. The summed E-state index contributed by atoms with van der Waals surface area (Å²) >= 11 is 1.98. The maximum atomic E-state index is 11.4. The third-order valence-corrected chi connectivity index (χ3v) is 1.45. The van der Waals surface area contributed by atoms with Gasteiger partial charge < -0.3 is 0 Å². The van der Waals surface area contributed by atoms with Crippen molar-refractivity contribution in [3.8, 4) is 0 Å². The number of alkyl halides is 4. The molecular formula is C5H8F3I. The van der Waals surface area contributed by atoms with E-state index in [1.807, 2.05) is 22.6 Å². The van der Waals surface area contributed by atoms with E-state index in [0.717, 1.165) is 0 Å². The van der Waals surface area contributed by atoms with Crippen molar-refractivity contribution < 1.29 is 13.2 Å². The van der Waals surface area contributed by atoms with E-state index >= 15 is 0 Å². The van der Waals surface area contributed by atoms with Gasteiger partial charge in [-0.3, -0.25) is 0 Å². The first-order valence-corrected chi connectivity index (χ1v) is 3.87. The van der Waals surface area contributed by atoms with E-state index in [-0.39, 0.29) is 10.3 Å². The smallest absolute Gasteiger partial charge is 0.171 e. The molecule has 0 aliphatic carbocycles. The van der Waals surface area contributed by atoms with Gasteiger partial charge in [-0.05, 0) is 6.42 Å². The zero-order valence-corrected chi connectivity index (χ0v) is 7.16. The lowest BCUT2D eigenvalue weighted by molar-refractivity contribution is -0.135. The Labute approximate surface area is 66.0 Å². The summed E-state index contributed by atoms with van der Waals surface area (Å²) in [7, 11) is 0. The van der Waals surface area contributed by atoms with Gasteiger partial charge in [-0.1, -0.05) is 29.5 Å². The summed E-state index contributed by atoms with van der Waals surface area (Å²) in [6, 6.07) is 0. The van der Waals surface area contributed by atoms with E-state index in [1.54, 1.807) is 6.92 Å². The Morgan fingerprint density at radius 1 is 1.44 bits per heavy atom. The van der Waals surface area contributed by atoms with Crippen molar-refractivity contribution >= 4 is 22.6 Å². The topological polar surface area (TPSA) is 0 Å². The molecule has 4 heteroatoms. The van der Waals surface area contributed by atoms with E-state index in [0.29, 0.717) is 0 Å². The quantitative estimate of drug-likeness (QED) is 0.523. The van der Waals surface area contributed by atoms with Gasteiger partial charge in [-0.2, -0.15) is 13.2 Å². The zero-order chi connectivity index (χ0) is 7.49. The monoisotopic (exact) mass is 252 g/mol. The number of hydrogen-bond donors (Lipinski definition) is 0. The molecule has 0 fully saturated rings. The van der Waals surface area contributed by atoms with Crippen molar-refractivity contribution in [2.75, 3.05) is 0 Å². The molecule has 0 radical (unpaired) electrons. The fourth-order valence-electron chi connectivity index (χ4n) is 0.363. The molecule has 0 saturated carbocycles. The standard InChI is InChI=1S/C5H8F3I/c1-4(9)2-3-5(6,7)8/h4H,2-3H2,1H3. The Morgan fingerprint density at radius 2 is 1.89 bits per heavy atom. The highest BCUT2D eigenvalue weighted by Crippen LogP contribution is 2.23. The molecule has 0 aromatic carbocycles. The summed E-state index contributed by atoms with van der Waals surface area (Å²) in [4.78, 5) is 0. The molecule has 0 saturated heterocycles. The molecule has 0 aliphatic heterocycles. The van der Waals surface area contributed by atoms with E-state index < -0.39 is 12.6 Å². The SMILES string of the molecule is CC(I)CCC(F)(F)F. The largest absolute Gasteiger partial charge is 0.389 e. The van der Waals surface area contributed by atoms with Crippen molar-refractivity contribution in [1.29, 1.82) is 0 Å². The zero-order valence-electron chi connectivity index (χ0n) is 5.00. The van der Waals surface area contributed by atoms with Crippen LogP contribution in [0, 0.1) is 0 Å². The van der Waals surface area contributed by atoms with Gasteiger partial charge in [0.05, 0.1) is 0 Å². The van der Waals surface area contributed by atoms with Gasteiger partial charge in [0.15, 0.2) is 0 Å². The minimum absolute atomic E-state index is 0.115. The molecule has 0 heterocycles. The number of hydrogen-bond acceptors (Lipinski definition) is 0. The molecule has 0 nitrogen and oxygen atoms in total. The Kier molecular flexibility index (Phi) is 3.84. The van der Waals surface area contributed by atoms with Crippen LogP contribution in [0.3, 0.4) is 0 Å². The minimum Gasteiger partial charge on any atom is -0.171 e. The number of halogens is 4. The minimum atomic E-state index is -3.97. The predicted octanol–water partition coefficient (Wildman–Crippen LogP) is 3.15. The molecule has 0 aromatic rings. The molecule has 56 valence electrons. The molecule has 0 bridgehead atoms. The van der Waals surface area contributed by atoms with Gasteiger partial charge >= 0.3 is 6.18 Å². The second-order valence-electron chi connectivity index (χ2n) is 1.93. The lowest BCUT2D eigenvalue weighted by Crippen LogP contribution is -2.08. The highest BCUT2D eigenvalue weighted by molar-refractivity contribution is 14.1. The Hall–Kier alpha value is 0.520. The van der Waals surface area contributed by atoms with E-state index in [1.165, 1.54) is 0 Å². The maximum Gasteiger partial charge on any atom is 0.389 e. The van der Waals surface area contributed by atoms with Gasteiger partial charge in [0, 0.05) is 10.3 Å². The fourth-order valence-corrected chi connectivity index (χ4v) is 0.674. The highest BCUT2D eigenvalue weighted by Gasteiger charge is 2.26. The molecule has 1 unspecified atom stereocenters. The molecule has 0 aliphatic rings. The highest BCUT2D eigenvalue weighted by atomic mass is 127. The van der Waals surface area contributed by atoms with Crippen LogP contribution in [0.15, 0.2) is 0 Å². The van der Waals surface area contributed by atoms with E-state index in [2.05, 4.69) is 0 Å². The van der Waals surface area contributed by atoms with Crippen LogP contribution in [0.5, 0.6) is 0 Å². The van der Waals surface area contributed by atoms with Gasteiger partial charge in [-0.25, -0.2) is 0 Å². The van der Waals surface area contributed by atoms with Crippen LogP contribution in [-0.4, -0.2) is 10.1 Å². The number of rotatable bonds is 2. The molecule has 1 atom stereocenters. The summed E-state index contributed by atoms with van der Waals surface area (Å²) < 4.78 is 34.4. The molecule has 0 rings (SSSR count). The first kappa shape index (κ1) is 9.52. The Balaban J connectivity index is 3.28. The van der Waals surface area contributed by atoms with Crippen LogP contribution in [0.4, 0.5) is 13.2 Å². The molecule has 0 spiro atoms. The van der Waals surface area contributed by atoms with Gasteiger partial charge in [0.2, 0.25) is 0 Å². The molecule has 0 amide bonds. The van der Waals surface area contributed by atoms with Crippen molar-refractivity contribution in [3.63, 3.8) is 0 Å². The van der Waals surface area contributed by atoms with Crippen LogP contribution >= 0.6 is 22.6 Å². The second kappa shape index (κ2) is 3.63. The van der Waals surface area contributed by atoms with E-state index in [4.69, 9.17) is 0 Å². The Bertz CT molecular complexity index is 76.8. The van der Waals surface area contributed by atoms with Crippen LogP contribution in [0.2, 0.25) is 0 Å². The summed E-state index contributed by atoms with van der Waals surface area (Å²) in [5.41, 5.74) is 0. The third-order valence-electron chi connectivity index (χ3n) is 0.826. The molecule has 0 N–H and O–H groups in total. The summed E-state index contributed by atoms with van der Waals surface area (Å²) in [5.74, 6) is 0. The average molecular weight is 252 g/mol. The van der Waals surface area contributed by atoms with Crippen LogP contribution < -0.4 is 0 Å². The van der Waals surface area contributed by atoms with Gasteiger partial charge in [0.25, 0.3) is 0 Å². The van der Waals surface area contributed by atoms with Crippen LogP contribution in [0.1, 0.15) is 19.8 Å². The maximum absolute atomic E-state index is 11.4. The van der Waals surface area contributed by atoms with Crippen LogP contribution in [-0.2, 0) is 0 Å². The summed E-state index contributed by atoms with van der Waals surface area (Å²) in [5, 5.41) is 0. The van der Waals surface area contributed by atoms with Crippen molar-refractivity contribution in [2.24, 2.45) is 0 Å². The third kappa shape index (κ3) is 8.52. The van der Waals surface area contributed by atoms with Crippen molar-refractivity contribution in [3.05, 3.63) is 0 Å². The molecular weight excluding hydrogens is 244 g/mol. The van der Waals surface area contributed by atoms with Crippen molar-refractivity contribution in [2.45, 2.75) is 29.9 Å². The lowest BCUT2D eigenvalue weighted by Gasteiger charge is -2.05. The summed E-state index contributed by atoms with van der Waals surface area (Å²) in [6.07, 6.45) is -4.40. The first-order valence-electron chi connectivity index (χ1n) is 2.62. The molecule has 0 aromatic heterocycles. The lowest BCUT2D eigenvalue weighted by atomic mass is 10.2. The van der Waals surface area contributed by atoms with E-state index in [9.17, 15) is 13.2 Å². The molecule has 9 heavy (non-hydrogen) atoms. The first-order chi connectivity index (χ1) is 3.92. The summed E-state index contributed by atoms with van der Waals surface area (Å²) in [6.45, 7) is 1.77. The van der Waals surface area contributed by atoms with Gasteiger partial charge in [-0.15, -0.1) is 0 Å². The van der Waals surface area contributed by atoms with Crippen molar-refractivity contribution in [1.82, 2.24) is 0 Å². The average Bonchev–Trinajstić information content (AvgIpc) is 1.59. The van der Waals surface area contributed by atoms with Gasteiger partial charge in [0.1, 0.15) is 0 Å². The van der Waals surface area contributed by atoms with Crippen LogP contribution in [0.25, 0.3) is 0 Å². The Morgan fingerprint density at radius 3 is 2.00 bits per heavy atom. The normalized spacial score (nSPS) is 15.7. The predicted molar refractivity (Wildman–Crippen MR) is 38.8 cm³/mol. The fraction of sp³-hybridized carbons (Fsp3) is 1.00.